The third kappa shape index (κ3) is 8.22. The lowest BCUT2D eigenvalue weighted by atomic mass is 10.1. The van der Waals surface area contributed by atoms with Crippen LogP contribution in [0, 0.1) is 11.3 Å². The zero-order valence-corrected chi connectivity index (χ0v) is 19.7. The maximum absolute atomic E-state index is 12.4. The number of nitrogens with zero attached hydrogens (tertiary/aromatic N) is 1. The number of esters is 2. The highest BCUT2D eigenvalue weighted by atomic mass is 16.5. The molecule has 8 heteroatoms. The van der Waals surface area contributed by atoms with Gasteiger partial charge >= 0.3 is 11.9 Å². The van der Waals surface area contributed by atoms with E-state index in [4.69, 9.17) is 30.9 Å². The Morgan fingerprint density at radius 3 is 2.33 bits per heavy atom. The third-order valence-corrected chi connectivity index (χ3v) is 5.08. The Kier molecular flexibility index (Phi) is 9.48. The number of nitrogen functional groups attached to an aromatic ring is 2. The van der Waals surface area contributed by atoms with Gasteiger partial charge in [0.05, 0.1) is 24.8 Å². The first kappa shape index (κ1) is 25.8. The standard InChI is InChI=1S/C28H27N3O5/c29-16-1-2-17-34-24-12-7-22(8-13-24)28(33)36-25-10-3-20(4-11-25)5-14-27(32)35-18-15-21-6-9-23(30)19-26(21)31/h3-14,19H,1-2,15,17-18,30-31H2/b14-5+. The number of ether oxygens (including phenoxy) is 3. The van der Waals surface area contributed by atoms with Gasteiger partial charge in [-0.1, -0.05) is 18.2 Å². The minimum absolute atomic E-state index is 0.195. The van der Waals surface area contributed by atoms with Gasteiger partial charge in [-0.3, -0.25) is 0 Å². The van der Waals surface area contributed by atoms with Gasteiger partial charge in [0.25, 0.3) is 0 Å². The fraction of sp³-hybridized carbons (Fsp3) is 0.179. The van der Waals surface area contributed by atoms with Gasteiger partial charge < -0.3 is 25.7 Å². The predicted octanol–water partition coefficient (Wildman–Crippen LogP) is 4.55. The highest BCUT2D eigenvalue weighted by molar-refractivity contribution is 5.91. The van der Waals surface area contributed by atoms with Crippen molar-refractivity contribution >= 4 is 29.4 Å². The Morgan fingerprint density at radius 1 is 0.917 bits per heavy atom. The van der Waals surface area contributed by atoms with Gasteiger partial charge in [-0.25, -0.2) is 9.59 Å². The van der Waals surface area contributed by atoms with Gasteiger partial charge in [-0.05, 0) is 72.2 Å². The lowest BCUT2D eigenvalue weighted by Gasteiger charge is -2.07. The van der Waals surface area contributed by atoms with Crippen LogP contribution >= 0.6 is 0 Å². The van der Waals surface area contributed by atoms with E-state index in [2.05, 4.69) is 6.07 Å². The van der Waals surface area contributed by atoms with Crippen molar-refractivity contribution in [3.8, 4) is 17.6 Å². The quantitative estimate of drug-likeness (QED) is 0.133. The fourth-order valence-corrected chi connectivity index (χ4v) is 3.16. The predicted molar refractivity (Wildman–Crippen MR) is 137 cm³/mol. The van der Waals surface area contributed by atoms with Crippen molar-refractivity contribution in [1.82, 2.24) is 0 Å². The Balaban J connectivity index is 1.43. The maximum atomic E-state index is 12.4. The Morgan fingerprint density at radius 2 is 1.64 bits per heavy atom. The number of carbonyl (C=O) groups excluding carboxylic acids is 2. The van der Waals surface area contributed by atoms with Crippen LogP contribution in [0.15, 0.2) is 72.8 Å². The van der Waals surface area contributed by atoms with Crippen molar-refractivity contribution in [1.29, 1.82) is 5.26 Å². The smallest absolute Gasteiger partial charge is 0.343 e. The highest BCUT2D eigenvalue weighted by Gasteiger charge is 2.09. The molecule has 0 aliphatic heterocycles. The van der Waals surface area contributed by atoms with Crippen LogP contribution in [-0.2, 0) is 16.0 Å². The van der Waals surface area contributed by atoms with E-state index in [1.807, 2.05) is 6.07 Å². The SMILES string of the molecule is N#CCCCOc1ccc(C(=O)Oc2ccc(/C=C/C(=O)OCCc3ccc(N)cc3N)cc2)cc1. The molecule has 3 rings (SSSR count). The third-order valence-electron chi connectivity index (χ3n) is 5.08. The fourth-order valence-electron chi connectivity index (χ4n) is 3.16. The van der Waals surface area contributed by atoms with Gasteiger partial charge in [0.15, 0.2) is 0 Å². The largest absolute Gasteiger partial charge is 0.494 e. The van der Waals surface area contributed by atoms with Crippen LogP contribution in [0.4, 0.5) is 11.4 Å². The molecule has 36 heavy (non-hydrogen) atoms. The van der Waals surface area contributed by atoms with Crippen molar-refractivity contribution in [3.63, 3.8) is 0 Å². The summed E-state index contributed by atoms with van der Waals surface area (Å²) >= 11 is 0. The maximum Gasteiger partial charge on any atom is 0.343 e. The summed E-state index contributed by atoms with van der Waals surface area (Å²) < 4.78 is 16.1. The number of nitrogens with two attached hydrogens (primary N) is 2. The Hall–Kier alpha value is -4.77. The first-order valence-electron chi connectivity index (χ1n) is 11.4. The summed E-state index contributed by atoms with van der Waals surface area (Å²) in [7, 11) is 0. The van der Waals surface area contributed by atoms with Crippen molar-refractivity contribution in [2.75, 3.05) is 24.7 Å². The number of unbranched alkanes of at least 4 members (excludes halogenated alkanes) is 1. The molecular weight excluding hydrogens is 458 g/mol. The van der Waals surface area contributed by atoms with E-state index in [9.17, 15) is 9.59 Å². The molecule has 0 aliphatic rings. The van der Waals surface area contributed by atoms with E-state index >= 15 is 0 Å². The summed E-state index contributed by atoms with van der Waals surface area (Å²) in [6.45, 7) is 0.634. The molecule has 0 saturated heterocycles. The Bertz CT molecular complexity index is 1250. The van der Waals surface area contributed by atoms with Crippen molar-refractivity contribution in [2.24, 2.45) is 0 Å². The number of carbonyl (C=O) groups is 2. The summed E-state index contributed by atoms with van der Waals surface area (Å²) in [4.78, 5) is 24.4. The number of nitriles is 1. The number of hydrogen-bond acceptors (Lipinski definition) is 8. The molecule has 0 radical (unpaired) electrons. The zero-order valence-electron chi connectivity index (χ0n) is 19.7. The van der Waals surface area contributed by atoms with E-state index in [1.54, 1.807) is 66.7 Å². The van der Waals surface area contributed by atoms with E-state index in [1.165, 1.54) is 6.08 Å². The van der Waals surface area contributed by atoms with E-state index < -0.39 is 11.9 Å². The molecule has 0 bridgehead atoms. The molecular formula is C28H27N3O5. The molecule has 0 spiro atoms. The second kappa shape index (κ2) is 13.2. The lowest BCUT2D eigenvalue weighted by Crippen LogP contribution is -2.08. The van der Waals surface area contributed by atoms with E-state index in [0.717, 1.165) is 11.1 Å². The van der Waals surface area contributed by atoms with Crippen LogP contribution in [0.5, 0.6) is 11.5 Å². The summed E-state index contributed by atoms with van der Waals surface area (Å²) in [6, 6.07) is 20.6. The van der Waals surface area contributed by atoms with Gasteiger partial charge in [-0.2, -0.15) is 5.26 Å². The van der Waals surface area contributed by atoms with Crippen LogP contribution in [-0.4, -0.2) is 25.2 Å². The van der Waals surface area contributed by atoms with Crippen molar-refractivity contribution < 1.29 is 23.8 Å². The molecule has 0 aromatic heterocycles. The molecule has 0 atom stereocenters. The van der Waals surface area contributed by atoms with Gasteiger partial charge in [-0.15, -0.1) is 0 Å². The first-order chi connectivity index (χ1) is 17.4. The second-order valence-electron chi connectivity index (χ2n) is 7.80. The van der Waals surface area contributed by atoms with Crippen molar-refractivity contribution in [3.05, 3.63) is 89.5 Å². The monoisotopic (exact) mass is 485 g/mol. The molecule has 3 aromatic rings. The number of hydrogen-bond donors (Lipinski definition) is 2. The molecule has 8 nitrogen and oxygen atoms in total. The molecule has 0 amide bonds. The normalized spacial score (nSPS) is 10.5. The van der Waals surface area contributed by atoms with Crippen LogP contribution in [0.1, 0.15) is 34.3 Å². The van der Waals surface area contributed by atoms with Crippen LogP contribution in [0.3, 0.4) is 0 Å². The number of rotatable bonds is 11. The van der Waals surface area contributed by atoms with Crippen LogP contribution in [0.2, 0.25) is 0 Å². The molecule has 0 aliphatic carbocycles. The second-order valence-corrected chi connectivity index (χ2v) is 7.80. The highest BCUT2D eigenvalue weighted by Crippen LogP contribution is 2.18. The van der Waals surface area contributed by atoms with Crippen LogP contribution < -0.4 is 20.9 Å². The summed E-state index contributed by atoms with van der Waals surface area (Å²) in [6.07, 6.45) is 4.51. The Labute approximate surface area is 209 Å². The minimum Gasteiger partial charge on any atom is -0.494 e. The van der Waals surface area contributed by atoms with Gasteiger partial charge in [0, 0.05) is 30.3 Å². The lowest BCUT2D eigenvalue weighted by molar-refractivity contribution is -0.137. The van der Waals surface area contributed by atoms with Gasteiger partial charge in [0.2, 0.25) is 0 Å². The number of anilines is 2. The van der Waals surface area contributed by atoms with Crippen molar-refractivity contribution in [2.45, 2.75) is 19.3 Å². The first-order valence-corrected chi connectivity index (χ1v) is 11.4. The summed E-state index contributed by atoms with van der Waals surface area (Å²) in [5, 5.41) is 8.54. The summed E-state index contributed by atoms with van der Waals surface area (Å²) in [5.74, 6) is 0.0165. The zero-order chi connectivity index (χ0) is 25.8. The number of benzene rings is 3. The molecule has 4 N–H and O–H groups in total. The average molecular weight is 486 g/mol. The minimum atomic E-state index is -0.500. The van der Waals surface area contributed by atoms with Crippen LogP contribution in [0.25, 0.3) is 6.08 Å². The molecule has 0 heterocycles. The molecule has 0 saturated carbocycles. The molecule has 184 valence electrons. The van der Waals surface area contributed by atoms with E-state index in [0.29, 0.717) is 54.3 Å². The molecule has 0 fully saturated rings. The molecule has 0 unspecified atom stereocenters. The van der Waals surface area contributed by atoms with E-state index in [-0.39, 0.29) is 6.61 Å². The average Bonchev–Trinajstić information content (AvgIpc) is 2.88. The van der Waals surface area contributed by atoms with Gasteiger partial charge in [0.1, 0.15) is 11.5 Å². The summed E-state index contributed by atoms with van der Waals surface area (Å²) in [5.41, 5.74) is 14.7. The topological polar surface area (TPSA) is 138 Å². The molecule has 3 aromatic carbocycles.